The molecule has 1 aromatic rings. The van der Waals surface area contributed by atoms with Crippen molar-refractivity contribution in [1.29, 1.82) is 0 Å². The smallest absolute Gasteiger partial charge is 0.0650 e. The topological polar surface area (TPSA) is 84.3 Å². The highest BCUT2D eigenvalue weighted by Crippen LogP contribution is 2.65. The van der Waals surface area contributed by atoms with Gasteiger partial charge in [0.15, 0.2) is 0 Å². The zero-order chi connectivity index (χ0) is 23.4. The van der Waals surface area contributed by atoms with Crippen LogP contribution >= 0.6 is 0 Å². The standard InChI is InChI=1S/C28H47N3O2/c1-4-9-28(33)11-8-21-20(13-28)5-6-23-22(21)7-10-27(3)24(23)12-25(32)26(27)18(2)16-31-17-19(14-29)15-30-31/h15,17-18,20-26,32-33H,4-14,16,29H2,1-3H3/t18?,20-,21+,22-,23-,24+,25-,26+,27+,28-/m1/s1. The summed E-state index contributed by atoms with van der Waals surface area (Å²) in [5.74, 6) is 4.49. The van der Waals surface area contributed by atoms with Crippen molar-refractivity contribution in [3.8, 4) is 0 Å². The molecule has 1 unspecified atom stereocenters. The highest BCUT2D eigenvalue weighted by atomic mass is 16.3. The van der Waals surface area contributed by atoms with Gasteiger partial charge in [-0.25, -0.2) is 0 Å². The molecule has 33 heavy (non-hydrogen) atoms. The van der Waals surface area contributed by atoms with E-state index in [1.807, 2.05) is 10.9 Å². The van der Waals surface area contributed by atoms with Gasteiger partial charge >= 0.3 is 0 Å². The first-order valence-electron chi connectivity index (χ1n) is 13.9. The third-order valence-electron chi connectivity index (χ3n) is 10.9. The van der Waals surface area contributed by atoms with Crippen molar-refractivity contribution in [2.75, 3.05) is 0 Å². The molecule has 5 nitrogen and oxygen atoms in total. The molecule has 4 aliphatic rings. The Hall–Kier alpha value is -0.910. The number of nitrogens with two attached hydrogens (primary N) is 1. The Morgan fingerprint density at radius 3 is 2.70 bits per heavy atom. The fourth-order valence-corrected chi connectivity index (χ4v) is 9.76. The fourth-order valence-electron chi connectivity index (χ4n) is 9.76. The van der Waals surface area contributed by atoms with Gasteiger partial charge in [0, 0.05) is 24.8 Å². The van der Waals surface area contributed by atoms with Crippen LogP contribution in [0, 0.1) is 46.8 Å². The Morgan fingerprint density at radius 1 is 1.18 bits per heavy atom. The Balaban J connectivity index is 1.30. The van der Waals surface area contributed by atoms with Gasteiger partial charge < -0.3 is 15.9 Å². The van der Waals surface area contributed by atoms with E-state index in [-0.39, 0.29) is 11.5 Å². The summed E-state index contributed by atoms with van der Waals surface area (Å²) in [5.41, 5.74) is 6.69. The Kier molecular flexibility index (Phi) is 6.46. The van der Waals surface area contributed by atoms with Gasteiger partial charge in [-0.2, -0.15) is 5.10 Å². The molecule has 0 bridgehead atoms. The maximum absolute atomic E-state index is 11.4. The molecule has 1 heterocycles. The number of hydrogen-bond donors (Lipinski definition) is 3. The van der Waals surface area contributed by atoms with Crippen LogP contribution in [0.5, 0.6) is 0 Å². The third kappa shape index (κ3) is 4.10. The monoisotopic (exact) mass is 457 g/mol. The molecule has 0 amide bonds. The summed E-state index contributed by atoms with van der Waals surface area (Å²) >= 11 is 0. The SMILES string of the molecule is CCC[C@@]1(O)CC[C@H]2[C@H](CC[C@@H]3[C@@H]2CC[C@@]2(C)[C@H]3C[C@@H](O)[C@@H]2C(C)Cn2cc(CN)cn2)C1. The zero-order valence-corrected chi connectivity index (χ0v) is 21.1. The van der Waals surface area contributed by atoms with E-state index in [0.717, 1.165) is 67.9 Å². The Labute approximate surface area is 200 Å². The molecule has 4 N–H and O–H groups in total. The average Bonchev–Trinajstić information content (AvgIpc) is 3.33. The molecule has 0 spiro atoms. The number of fused-ring (bicyclic) bond motifs is 5. The number of rotatable bonds is 6. The lowest BCUT2D eigenvalue weighted by Gasteiger charge is -2.57. The first-order valence-corrected chi connectivity index (χ1v) is 13.9. The molecular formula is C28H47N3O2. The fraction of sp³-hybridized carbons (Fsp3) is 0.893. The van der Waals surface area contributed by atoms with Gasteiger partial charge in [-0.3, -0.25) is 4.68 Å². The van der Waals surface area contributed by atoms with Crippen LogP contribution in [0.4, 0.5) is 0 Å². The van der Waals surface area contributed by atoms with E-state index in [1.165, 1.54) is 32.1 Å². The summed E-state index contributed by atoms with van der Waals surface area (Å²) in [6, 6.07) is 0. The Bertz CT molecular complexity index is 826. The minimum Gasteiger partial charge on any atom is -0.393 e. The summed E-state index contributed by atoms with van der Waals surface area (Å²) in [6.45, 7) is 8.42. The van der Waals surface area contributed by atoms with Crippen molar-refractivity contribution in [2.45, 2.75) is 110 Å². The zero-order valence-electron chi connectivity index (χ0n) is 21.1. The van der Waals surface area contributed by atoms with Crippen LogP contribution in [0.25, 0.3) is 0 Å². The van der Waals surface area contributed by atoms with Crippen molar-refractivity contribution >= 4 is 0 Å². The summed E-state index contributed by atoms with van der Waals surface area (Å²) < 4.78 is 2.03. The molecule has 10 atom stereocenters. The van der Waals surface area contributed by atoms with E-state index in [0.29, 0.717) is 24.3 Å². The van der Waals surface area contributed by atoms with Gasteiger partial charge in [0.1, 0.15) is 0 Å². The maximum atomic E-state index is 11.4. The molecule has 0 aliphatic heterocycles. The van der Waals surface area contributed by atoms with E-state index in [2.05, 4.69) is 32.1 Å². The van der Waals surface area contributed by atoms with E-state index in [4.69, 9.17) is 5.73 Å². The molecule has 4 aliphatic carbocycles. The molecule has 186 valence electrons. The number of aliphatic hydroxyl groups is 2. The average molecular weight is 458 g/mol. The minimum absolute atomic E-state index is 0.197. The van der Waals surface area contributed by atoms with Crippen molar-refractivity contribution in [3.05, 3.63) is 18.0 Å². The minimum atomic E-state index is -0.397. The van der Waals surface area contributed by atoms with Gasteiger partial charge in [-0.05, 0) is 105 Å². The van der Waals surface area contributed by atoms with Crippen LogP contribution in [0.2, 0.25) is 0 Å². The number of aliphatic hydroxyl groups excluding tert-OH is 1. The van der Waals surface area contributed by atoms with Crippen LogP contribution in [0.3, 0.4) is 0 Å². The van der Waals surface area contributed by atoms with E-state index < -0.39 is 5.60 Å². The van der Waals surface area contributed by atoms with Crippen LogP contribution in [-0.2, 0) is 13.1 Å². The van der Waals surface area contributed by atoms with Gasteiger partial charge in [0.05, 0.1) is 17.9 Å². The second-order valence-corrected chi connectivity index (χ2v) is 12.8. The van der Waals surface area contributed by atoms with Crippen LogP contribution < -0.4 is 5.73 Å². The molecule has 5 rings (SSSR count). The summed E-state index contributed by atoms with van der Waals surface area (Å²) in [4.78, 5) is 0. The van der Waals surface area contributed by atoms with Gasteiger partial charge in [0.2, 0.25) is 0 Å². The number of hydrogen-bond acceptors (Lipinski definition) is 4. The molecule has 0 radical (unpaired) electrons. The van der Waals surface area contributed by atoms with Crippen molar-refractivity contribution in [2.24, 2.45) is 52.6 Å². The summed E-state index contributed by atoms with van der Waals surface area (Å²) in [5, 5.41) is 27.0. The molecule has 5 heteroatoms. The van der Waals surface area contributed by atoms with Gasteiger partial charge in [0.25, 0.3) is 0 Å². The maximum Gasteiger partial charge on any atom is 0.0650 e. The molecule has 1 aromatic heterocycles. The first kappa shape index (κ1) is 23.8. The van der Waals surface area contributed by atoms with Crippen molar-refractivity contribution in [3.63, 3.8) is 0 Å². The van der Waals surface area contributed by atoms with E-state index in [1.54, 1.807) is 0 Å². The largest absolute Gasteiger partial charge is 0.393 e. The summed E-state index contributed by atoms with van der Waals surface area (Å²) in [7, 11) is 0. The second kappa shape index (κ2) is 8.95. The lowest BCUT2D eigenvalue weighted by Crippen LogP contribution is -2.51. The van der Waals surface area contributed by atoms with E-state index >= 15 is 0 Å². The van der Waals surface area contributed by atoms with Crippen LogP contribution in [-0.4, -0.2) is 31.7 Å². The third-order valence-corrected chi connectivity index (χ3v) is 10.9. The number of nitrogens with zero attached hydrogens (tertiary/aromatic N) is 2. The molecule has 4 fully saturated rings. The molecule has 0 aromatic carbocycles. The Morgan fingerprint density at radius 2 is 1.97 bits per heavy atom. The second-order valence-electron chi connectivity index (χ2n) is 12.8. The molecule has 4 saturated carbocycles. The lowest BCUT2D eigenvalue weighted by molar-refractivity contribution is -0.111. The normalized spacial score (nSPS) is 45.8. The van der Waals surface area contributed by atoms with Crippen LogP contribution in [0.15, 0.2) is 12.4 Å². The van der Waals surface area contributed by atoms with Crippen LogP contribution in [0.1, 0.15) is 90.5 Å². The predicted molar refractivity (Wildman–Crippen MR) is 131 cm³/mol. The first-order chi connectivity index (χ1) is 15.8. The molecular weight excluding hydrogens is 410 g/mol. The van der Waals surface area contributed by atoms with Gasteiger partial charge in [-0.1, -0.05) is 27.2 Å². The molecule has 0 saturated heterocycles. The summed E-state index contributed by atoms with van der Waals surface area (Å²) in [6.07, 6.45) is 15.2. The number of aromatic nitrogens is 2. The van der Waals surface area contributed by atoms with Gasteiger partial charge in [-0.15, -0.1) is 0 Å². The highest BCUT2D eigenvalue weighted by Gasteiger charge is 2.61. The van der Waals surface area contributed by atoms with Crippen molar-refractivity contribution in [1.82, 2.24) is 9.78 Å². The van der Waals surface area contributed by atoms with Crippen molar-refractivity contribution < 1.29 is 10.2 Å². The quantitative estimate of drug-likeness (QED) is 0.576. The van der Waals surface area contributed by atoms with E-state index in [9.17, 15) is 10.2 Å². The predicted octanol–water partition coefficient (Wildman–Crippen LogP) is 4.75. The lowest BCUT2D eigenvalue weighted by atomic mass is 9.48. The highest BCUT2D eigenvalue weighted by molar-refractivity contribution is 5.10.